The zero-order valence-electron chi connectivity index (χ0n) is 17.1. The molecule has 8 heteroatoms. The van der Waals surface area contributed by atoms with E-state index in [1.807, 2.05) is 13.8 Å². The van der Waals surface area contributed by atoms with Gasteiger partial charge in [-0.1, -0.05) is 27.7 Å². The molecule has 0 bridgehead atoms. The van der Waals surface area contributed by atoms with Crippen LogP contribution in [0.15, 0.2) is 41.6 Å². The van der Waals surface area contributed by atoms with Gasteiger partial charge in [0, 0.05) is 44.0 Å². The molecular weight excluding hydrogens is 379 g/mol. The minimum Gasteiger partial charge on any atom is -0.368 e. The molecule has 1 saturated heterocycles. The highest BCUT2D eigenvalue weighted by Gasteiger charge is 2.31. The minimum atomic E-state index is -3.61. The number of aromatic nitrogens is 2. The Morgan fingerprint density at radius 1 is 1.14 bits per heavy atom. The third-order valence-corrected chi connectivity index (χ3v) is 5.79. The van der Waals surface area contributed by atoms with Gasteiger partial charge < -0.3 is 9.80 Å². The van der Waals surface area contributed by atoms with Crippen LogP contribution in [0.3, 0.4) is 0 Å². The summed E-state index contributed by atoms with van der Waals surface area (Å²) in [4.78, 5) is 12.7. The van der Waals surface area contributed by atoms with E-state index >= 15 is 0 Å². The van der Waals surface area contributed by atoms with Crippen LogP contribution in [0.2, 0.25) is 0 Å². The van der Waals surface area contributed by atoms with Gasteiger partial charge in [0.15, 0.2) is 9.84 Å². The molecule has 1 aliphatic heterocycles. The van der Waals surface area contributed by atoms with E-state index in [-0.39, 0.29) is 10.9 Å². The Balaban J connectivity index is 0.00000136. The van der Waals surface area contributed by atoms with Crippen molar-refractivity contribution in [1.82, 2.24) is 9.97 Å². The molecule has 0 amide bonds. The molecule has 1 atom stereocenters. The number of rotatable bonds is 4. The summed E-state index contributed by atoms with van der Waals surface area (Å²) in [6, 6.07) is 6.24. The molecule has 2 aromatic rings. The second-order valence-electron chi connectivity index (χ2n) is 6.89. The van der Waals surface area contributed by atoms with Crippen molar-refractivity contribution in [2.75, 3.05) is 35.7 Å². The average Bonchev–Trinajstić information content (AvgIpc) is 2.69. The lowest BCUT2D eigenvalue weighted by Crippen LogP contribution is -2.56. The minimum absolute atomic E-state index is 0.165. The van der Waals surface area contributed by atoms with Gasteiger partial charge in [0.05, 0.1) is 6.04 Å². The largest absolute Gasteiger partial charge is 0.368 e. The second kappa shape index (κ2) is 9.32. The van der Waals surface area contributed by atoms with Gasteiger partial charge in [0.2, 0.25) is 5.95 Å². The van der Waals surface area contributed by atoms with Gasteiger partial charge in [-0.05, 0) is 30.2 Å². The van der Waals surface area contributed by atoms with E-state index in [1.54, 1.807) is 24.5 Å². The molecule has 2 heterocycles. The van der Waals surface area contributed by atoms with Crippen LogP contribution in [0.1, 0.15) is 27.7 Å². The average molecular weight is 409 g/mol. The summed E-state index contributed by atoms with van der Waals surface area (Å²) in [6.07, 6.45) is 4.48. The number of hydrogen-bond donors (Lipinski definition) is 0. The predicted octanol–water partition coefficient (Wildman–Crippen LogP) is 3.40. The molecule has 1 unspecified atom stereocenters. The van der Waals surface area contributed by atoms with Crippen molar-refractivity contribution < 1.29 is 12.8 Å². The third-order valence-electron chi connectivity index (χ3n) is 4.68. The lowest BCUT2D eigenvalue weighted by atomic mass is 9.99. The Bertz CT molecular complexity index is 875. The summed E-state index contributed by atoms with van der Waals surface area (Å²) >= 11 is 0. The van der Waals surface area contributed by atoms with Crippen LogP contribution in [0.4, 0.5) is 16.0 Å². The molecule has 0 aliphatic carbocycles. The van der Waals surface area contributed by atoms with E-state index < -0.39 is 15.7 Å². The normalized spacial score (nSPS) is 17.3. The lowest BCUT2D eigenvalue weighted by Gasteiger charge is -2.44. The molecule has 3 rings (SSSR count). The maximum atomic E-state index is 13.9. The highest BCUT2D eigenvalue weighted by atomic mass is 32.2. The van der Waals surface area contributed by atoms with E-state index in [4.69, 9.17) is 0 Å². The van der Waals surface area contributed by atoms with Crippen LogP contribution < -0.4 is 9.80 Å². The van der Waals surface area contributed by atoms with Crippen molar-refractivity contribution in [3.63, 3.8) is 0 Å². The molecular formula is C20H29FN4O2S. The van der Waals surface area contributed by atoms with Crippen molar-refractivity contribution >= 4 is 21.5 Å². The number of nitrogens with zero attached hydrogens (tertiary/aromatic N) is 4. The molecule has 0 spiro atoms. The van der Waals surface area contributed by atoms with Gasteiger partial charge in [-0.3, -0.25) is 0 Å². The van der Waals surface area contributed by atoms with E-state index in [0.29, 0.717) is 37.2 Å². The van der Waals surface area contributed by atoms with Crippen molar-refractivity contribution in [2.24, 2.45) is 5.92 Å². The van der Waals surface area contributed by atoms with Crippen LogP contribution in [-0.4, -0.2) is 50.3 Å². The van der Waals surface area contributed by atoms with E-state index in [9.17, 15) is 12.8 Å². The first-order chi connectivity index (χ1) is 13.3. The smallest absolute Gasteiger partial charge is 0.225 e. The van der Waals surface area contributed by atoms with E-state index in [0.717, 1.165) is 6.26 Å². The Morgan fingerprint density at radius 3 is 2.36 bits per heavy atom. The van der Waals surface area contributed by atoms with Crippen LogP contribution in [0.5, 0.6) is 0 Å². The Kier molecular flexibility index (Phi) is 7.35. The predicted molar refractivity (Wildman–Crippen MR) is 111 cm³/mol. The quantitative estimate of drug-likeness (QED) is 0.773. The standard InChI is InChI=1S/C18H23FN4O2S.C2H6/c1-13(2)16-12-22(9-10-23(16)18-20-7-4-8-21-18)14-5-6-15(19)17(11-14)26(3,24)25;1-2/h4-8,11,13,16H,9-10,12H2,1-3H3;1-2H3. The lowest BCUT2D eigenvalue weighted by molar-refractivity contribution is 0.413. The van der Waals surface area contributed by atoms with Gasteiger partial charge >= 0.3 is 0 Å². The molecule has 28 heavy (non-hydrogen) atoms. The summed E-state index contributed by atoms with van der Waals surface area (Å²) in [6.45, 7) is 10.3. The van der Waals surface area contributed by atoms with Crippen LogP contribution in [-0.2, 0) is 9.84 Å². The number of hydrogen-bond acceptors (Lipinski definition) is 6. The van der Waals surface area contributed by atoms with Crippen LogP contribution >= 0.6 is 0 Å². The first-order valence-corrected chi connectivity index (χ1v) is 11.4. The zero-order chi connectivity index (χ0) is 20.9. The van der Waals surface area contributed by atoms with E-state index in [2.05, 4.69) is 33.6 Å². The summed E-state index contributed by atoms with van der Waals surface area (Å²) in [5.74, 6) is 0.325. The Hall–Kier alpha value is -2.22. The van der Waals surface area contributed by atoms with Crippen molar-refractivity contribution in [3.05, 3.63) is 42.5 Å². The maximum absolute atomic E-state index is 13.9. The highest BCUT2D eigenvalue weighted by molar-refractivity contribution is 7.90. The number of piperazine rings is 1. The number of sulfone groups is 1. The monoisotopic (exact) mass is 408 g/mol. The fourth-order valence-electron chi connectivity index (χ4n) is 3.28. The molecule has 0 saturated carbocycles. The third kappa shape index (κ3) is 4.98. The molecule has 1 fully saturated rings. The van der Waals surface area contributed by atoms with Gasteiger partial charge in [0.1, 0.15) is 10.7 Å². The molecule has 0 N–H and O–H groups in total. The summed E-state index contributed by atoms with van der Waals surface area (Å²) < 4.78 is 37.5. The summed E-state index contributed by atoms with van der Waals surface area (Å²) in [5.41, 5.74) is 0.714. The first kappa shape index (κ1) is 22.1. The topological polar surface area (TPSA) is 66.4 Å². The first-order valence-electron chi connectivity index (χ1n) is 9.55. The highest BCUT2D eigenvalue weighted by Crippen LogP contribution is 2.28. The number of anilines is 2. The summed E-state index contributed by atoms with van der Waals surface area (Å²) in [5, 5.41) is 0. The second-order valence-corrected chi connectivity index (χ2v) is 8.87. The number of benzene rings is 1. The van der Waals surface area contributed by atoms with Gasteiger partial charge in [-0.15, -0.1) is 0 Å². The SMILES string of the molecule is CC.CC(C)C1CN(c2ccc(F)c(S(C)(=O)=O)c2)CCN1c1ncccn1. The maximum Gasteiger partial charge on any atom is 0.225 e. The van der Waals surface area contributed by atoms with E-state index in [1.165, 1.54) is 12.1 Å². The fraction of sp³-hybridized carbons (Fsp3) is 0.500. The van der Waals surface area contributed by atoms with Gasteiger partial charge in [0.25, 0.3) is 0 Å². The zero-order valence-corrected chi connectivity index (χ0v) is 17.9. The van der Waals surface area contributed by atoms with Crippen LogP contribution in [0.25, 0.3) is 0 Å². The molecule has 0 radical (unpaired) electrons. The fourth-order valence-corrected chi connectivity index (χ4v) is 4.03. The molecule has 1 aromatic heterocycles. The molecule has 1 aliphatic rings. The van der Waals surface area contributed by atoms with Crippen molar-refractivity contribution in [2.45, 2.75) is 38.6 Å². The summed E-state index contributed by atoms with van der Waals surface area (Å²) in [7, 11) is -3.61. The van der Waals surface area contributed by atoms with Crippen molar-refractivity contribution in [3.8, 4) is 0 Å². The molecule has 6 nitrogen and oxygen atoms in total. The van der Waals surface area contributed by atoms with Crippen LogP contribution in [0, 0.1) is 11.7 Å². The van der Waals surface area contributed by atoms with Gasteiger partial charge in [-0.25, -0.2) is 22.8 Å². The molecule has 1 aromatic carbocycles. The molecule has 154 valence electrons. The Labute approximate surface area is 167 Å². The van der Waals surface area contributed by atoms with Gasteiger partial charge in [-0.2, -0.15) is 0 Å². The number of halogens is 1. The Morgan fingerprint density at radius 2 is 1.79 bits per heavy atom. The van der Waals surface area contributed by atoms with Crippen molar-refractivity contribution in [1.29, 1.82) is 0 Å².